The summed E-state index contributed by atoms with van der Waals surface area (Å²) in [4.78, 5) is 39.5. The number of nitrogens with zero attached hydrogens (tertiary/aromatic N) is 2. The van der Waals surface area contributed by atoms with Crippen LogP contribution in [0.5, 0.6) is 0 Å². The number of amides is 3. The van der Waals surface area contributed by atoms with Gasteiger partial charge in [-0.25, -0.2) is 0 Å². The van der Waals surface area contributed by atoms with Gasteiger partial charge in [0.05, 0.1) is 0 Å². The van der Waals surface area contributed by atoms with Crippen molar-refractivity contribution >= 4 is 17.7 Å². The van der Waals surface area contributed by atoms with Crippen LogP contribution < -0.4 is 10.6 Å². The van der Waals surface area contributed by atoms with E-state index in [4.69, 9.17) is 0 Å². The van der Waals surface area contributed by atoms with Crippen molar-refractivity contribution in [2.75, 3.05) is 26.2 Å². The summed E-state index contributed by atoms with van der Waals surface area (Å²) in [6, 6.07) is -0.0535. The first kappa shape index (κ1) is 16.2. The molecule has 0 radical (unpaired) electrons. The van der Waals surface area contributed by atoms with Gasteiger partial charge in [0.1, 0.15) is 6.04 Å². The first-order chi connectivity index (χ1) is 10.9. The Kier molecular flexibility index (Phi) is 4.57. The van der Waals surface area contributed by atoms with Crippen molar-refractivity contribution in [1.82, 2.24) is 20.4 Å². The van der Waals surface area contributed by atoms with E-state index < -0.39 is 0 Å². The van der Waals surface area contributed by atoms with Crippen molar-refractivity contribution in [2.45, 2.75) is 51.2 Å². The highest BCUT2D eigenvalue weighted by Gasteiger charge is 2.46. The Morgan fingerprint density at radius 1 is 1.17 bits per heavy atom. The summed E-state index contributed by atoms with van der Waals surface area (Å²) in [5.41, 5.74) is 0. The predicted molar refractivity (Wildman–Crippen MR) is 84.5 cm³/mol. The maximum Gasteiger partial charge on any atom is 0.242 e. The molecular weight excluding hydrogens is 296 g/mol. The van der Waals surface area contributed by atoms with Crippen LogP contribution >= 0.6 is 0 Å². The lowest BCUT2D eigenvalue weighted by Crippen LogP contribution is -2.62. The van der Waals surface area contributed by atoms with Gasteiger partial charge in [0.2, 0.25) is 17.7 Å². The monoisotopic (exact) mass is 322 g/mol. The molecule has 7 heteroatoms. The molecule has 2 N–H and O–H groups in total. The summed E-state index contributed by atoms with van der Waals surface area (Å²) in [6.45, 7) is 5.71. The Labute approximate surface area is 136 Å². The molecule has 2 aliphatic heterocycles. The van der Waals surface area contributed by atoms with Crippen LogP contribution in [0.1, 0.15) is 33.1 Å². The molecule has 2 saturated heterocycles. The van der Waals surface area contributed by atoms with E-state index in [2.05, 4.69) is 15.5 Å². The van der Waals surface area contributed by atoms with Gasteiger partial charge in [-0.3, -0.25) is 19.3 Å². The van der Waals surface area contributed by atoms with Gasteiger partial charge in [0.25, 0.3) is 0 Å². The van der Waals surface area contributed by atoms with E-state index in [0.717, 1.165) is 19.5 Å². The molecule has 0 aromatic carbocycles. The zero-order valence-electron chi connectivity index (χ0n) is 13.9. The van der Waals surface area contributed by atoms with Crippen molar-refractivity contribution < 1.29 is 14.4 Å². The molecule has 1 saturated carbocycles. The number of hydrogen-bond acceptors (Lipinski definition) is 4. The van der Waals surface area contributed by atoms with Crippen LogP contribution in [0, 0.1) is 5.92 Å². The Morgan fingerprint density at radius 2 is 1.91 bits per heavy atom. The summed E-state index contributed by atoms with van der Waals surface area (Å²) in [5, 5.41) is 5.73. The molecule has 0 aromatic rings. The van der Waals surface area contributed by atoms with Gasteiger partial charge in [-0.05, 0) is 25.2 Å². The van der Waals surface area contributed by atoms with Crippen LogP contribution in [0.4, 0.5) is 0 Å². The van der Waals surface area contributed by atoms with E-state index in [0.29, 0.717) is 19.0 Å². The molecule has 128 valence electrons. The Hall–Kier alpha value is -1.63. The highest BCUT2D eigenvalue weighted by Crippen LogP contribution is 2.33. The second-order valence-corrected chi connectivity index (χ2v) is 7.13. The second-order valence-electron chi connectivity index (χ2n) is 7.13. The molecule has 1 aliphatic carbocycles. The van der Waals surface area contributed by atoms with Gasteiger partial charge in [-0.2, -0.15) is 0 Å². The largest absolute Gasteiger partial charge is 0.354 e. The molecule has 3 aliphatic rings. The van der Waals surface area contributed by atoms with Gasteiger partial charge in [-0.15, -0.1) is 0 Å². The molecule has 2 heterocycles. The minimum atomic E-state index is -0.271. The molecular formula is C16H26N4O3. The molecule has 23 heavy (non-hydrogen) atoms. The van der Waals surface area contributed by atoms with Crippen LogP contribution in [0.2, 0.25) is 0 Å². The fourth-order valence-electron chi connectivity index (χ4n) is 3.79. The number of hydrogen-bond donors (Lipinski definition) is 2. The fourth-order valence-corrected chi connectivity index (χ4v) is 3.79. The number of piperazine rings is 1. The van der Waals surface area contributed by atoms with Crippen LogP contribution in [0.3, 0.4) is 0 Å². The molecule has 3 atom stereocenters. The number of carbonyl (C=O) groups excluding carboxylic acids is 3. The Bertz CT molecular complexity index is 506. The number of fused-ring (bicyclic) bond motifs is 1. The standard InChI is InChI=1S/C16H26N4O3/c1-10(21)17-6-15-16(23)20-8-13(18-11(2)22)5-14(20)9-19(15)7-12-3-4-12/h12-15H,3-9H2,1-2H3,(H,17,21)(H,18,22)/t13-,14-,15-/m0/s1. The van der Waals surface area contributed by atoms with E-state index in [1.807, 2.05) is 4.90 Å². The van der Waals surface area contributed by atoms with E-state index in [1.54, 1.807) is 0 Å². The lowest BCUT2D eigenvalue weighted by atomic mass is 10.0. The van der Waals surface area contributed by atoms with Gasteiger partial charge >= 0.3 is 0 Å². The average molecular weight is 322 g/mol. The maximum absolute atomic E-state index is 12.9. The molecule has 0 aromatic heterocycles. The SMILES string of the molecule is CC(=O)NC[C@H]1C(=O)N2C[C@@H](NC(C)=O)C[C@H]2CN1CC1CC1. The Morgan fingerprint density at radius 3 is 2.52 bits per heavy atom. The molecule has 0 bridgehead atoms. The van der Waals surface area contributed by atoms with E-state index in [-0.39, 0.29) is 35.8 Å². The normalized spacial score (nSPS) is 31.0. The minimum absolute atomic E-state index is 0.0451. The highest BCUT2D eigenvalue weighted by molar-refractivity contribution is 5.85. The fraction of sp³-hybridized carbons (Fsp3) is 0.812. The second kappa shape index (κ2) is 6.47. The van der Waals surface area contributed by atoms with Gasteiger partial charge in [0.15, 0.2) is 0 Å². The summed E-state index contributed by atoms with van der Waals surface area (Å²) < 4.78 is 0. The first-order valence-electron chi connectivity index (χ1n) is 8.50. The van der Waals surface area contributed by atoms with Gasteiger partial charge in [-0.1, -0.05) is 0 Å². The first-order valence-corrected chi connectivity index (χ1v) is 8.50. The third-order valence-electron chi connectivity index (χ3n) is 5.01. The van der Waals surface area contributed by atoms with Crippen LogP contribution in [0.15, 0.2) is 0 Å². The number of rotatable bonds is 5. The molecule has 3 fully saturated rings. The maximum atomic E-state index is 12.9. The van der Waals surface area contributed by atoms with E-state index in [9.17, 15) is 14.4 Å². The van der Waals surface area contributed by atoms with Crippen LogP contribution in [-0.4, -0.2) is 71.8 Å². The smallest absolute Gasteiger partial charge is 0.242 e. The predicted octanol–water partition coefficient (Wildman–Crippen LogP) is -0.678. The van der Waals surface area contributed by atoms with Gasteiger partial charge in [0, 0.05) is 52.1 Å². The summed E-state index contributed by atoms with van der Waals surface area (Å²) in [5.74, 6) is 0.626. The van der Waals surface area contributed by atoms with Crippen LogP contribution in [-0.2, 0) is 14.4 Å². The molecule has 3 amide bonds. The summed E-state index contributed by atoms with van der Waals surface area (Å²) >= 11 is 0. The molecule has 0 spiro atoms. The average Bonchev–Trinajstić information content (AvgIpc) is 3.17. The summed E-state index contributed by atoms with van der Waals surface area (Å²) in [7, 11) is 0. The molecule has 0 unspecified atom stereocenters. The molecule has 7 nitrogen and oxygen atoms in total. The minimum Gasteiger partial charge on any atom is -0.354 e. The van der Waals surface area contributed by atoms with Crippen LogP contribution in [0.25, 0.3) is 0 Å². The van der Waals surface area contributed by atoms with Crippen molar-refractivity contribution in [3.63, 3.8) is 0 Å². The zero-order chi connectivity index (χ0) is 16.6. The lowest BCUT2D eigenvalue weighted by Gasteiger charge is -2.42. The summed E-state index contributed by atoms with van der Waals surface area (Å²) in [6.07, 6.45) is 3.29. The van der Waals surface area contributed by atoms with Gasteiger partial charge < -0.3 is 15.5 Å². The van der Waals surface area contributed by atoms with Crippen molar-refractivity contribution in [3.8, 4) is 0 Å². The third-order valence-corrected chi connectivity index (χ3v) is 5.01. The van der Waals surface area contributed by atoms with Crippen molar-refractivity contribution in [2.24, 2.45) is 5.92 Å². The van der Waals surface area contributed by atoms with E-state index >= 15 is 0 Å². The van der Waals surface area contributed by atoms with E-state index in [1.165, 1.54) is 26.7 Å². The zero-order valence-corrected chi connectivity index (χ0v) is 13.9. The topological polar surface area (TPSA) is 81.8 Å². The number of nitrogens with one attached hydrogen (secondary N) is 2. The van der Waals surface area contributed by atoms with Crippen molar-refractivity contribution in [1.29, 1.82) is 0 Å². The Balaban J connectivity index is 1.69. The molecule has 3 rings (SSSR count). The quantitative estimate of drug-likeness (QED) is 0.703. The number of carbonyl (C=O) groups is 3. The third kappa shape index (κ3) is 3.83. The highest BCUT2D eigenvalue weighted by atomic mass is 16.2. The lowest BCUT2D eigenvalue weighted by molar-refractivity contribution is -0.144. The van der Waals surface area contributed by atoms with Crippen molar-refractivity contribution in [3.05, 3.63) is 0 Å².